The number of unbranched alkanes of at least 4 members (excludes halogenated alkanes) is 1. The molecule has 0 amide bonds. The molecular formula is C24H32O2. The SMILES string of the molecule is CCCC[C@H]1CC[C@H](c2ccc3cc(OC(=O)CCC)ccc3c2)CC1. The molecule has 2 aromatic carbocycles. The van der Waals surface area contributed by atoms with Crippen molar-refractivity contribution in [3.8, 4) is 5.75 Å². The first kappa shape index (κ1) is 18.9. The molecule has 0 aromatic heterocycles. The zero-order chi connectivity index (χ0) is 18.4. The number of esters is 1. The molecule has 2 nitrogen and oxygen atoms in total. The van der Waals surface area contributed by atoms with E-state index in [1.54, 1.807) is 0 Å². The van der Waals surface area contributed by atoms with Crippen LogP contribution < -0.4 is 4.74 Å². The van der Waals surface area contributed by atoms with Crippen molar-refractivity contribution in [2.75, 3.05) is 0 Å². The summed E-state index contributed by atoms with van der Waals surface area (Å²) in [6.45, 7) is 4.28. The van der Waals surface area contributed by atoms with Crippen molar-refractivity contribution >= 4 is 16.7 Å². The highest BCUT2D eigenvalue weighted by atomic mass is 16.5. The van der Waals surface area contributed by atoms with E-state index in [0.29, 0.717) is 18.1 Å². The maximum atomic E-state index is 11.7. The van der Waals surface area contributed by atoms with E-state index in [1.165, 1.54) is 55.9 Å². The molecule has 1 aliphatic rings. The van der Waals surface area contributed by atoms with Crippen LogP contribution in [0.2, 0.25) is 0 Å². The largest absolute Gasteiger partial charge is 0.427 e. The van der Waals surface area contributed by atoms with Crippen LogP contribution in [0.25, 0.3) is 10.8 Å². The van der Waals surface area contributed by atoms with Crippen LogP contribution in [0.5, 0.6) is 5.75 Å². The molecule has 1 aliphatic carbocycles. The highest BCUT2D eigenvalue weighted by Gasteiger charge is 2.22. The zero-order valence-electron chi connectivity index (χ0n) is 16.3. The van der Waals surface area contributed by atoms with Gasteiger partial charge in [0.25, 0.3) is 0 Å². The monoisotopic (exact) mass is 352 g/mol. The number of fused-ring (bicyclic) bond motifs is 1. The van der Waals surface area contributed by atoms with Crippen LogP contribution in [-0.4, -0.2) is 5.97 Å². The first-order valence-electron chi connectivity index (χ1n) is 10.4. The minimum atomic E-state index is -0.150. The highest BCUT2D eigenvalue weighted by Crippen LogP contribution is 2.38. The number of benzene rings is 2. The lowest BCUT2D eigenvalue weighted by atomic mass is 9.77. The van der Waals surface area contributed by atoms with Crippen molar-refractivity contribution in [1.82, 2.24) is 0 Å². The molecule has 0 radical (unpaired) electrons. The van der Waals surface area contributed by atoms with Gasteiger partial charge in [0.05, 0.1) is 0 Å². The Morgan fingerprint density at radius 3 is 2.42 bits per heavy atom. The van der Waals surface area contributed by atoms with Crippen molar-refractivity contribution in [2.45, 2.75) is 77.6 Å². The third-order valence-electron chi connectivity index (χ3n) is 5.81. The number of hydrogen-bond acceptors (Lipinski definition) is 2. The Bertz CT molecular complexity index is 726. The molecule has 0 aliphatic heterocycles. The van der Waals surface area contributed by atoms with E-state index in [9.17, 15) is 4.79 Å². The van der Waals surface area contributed by atoms with Gasteiger partial charge in [0.2, 0.25) is 0 Å². The molecule has 0 spiro atoms. The van der Waals surface area contributed by atoms with Crippen molar-refractivity contribution in [3.05, 3.63) is 42.0 Å². The van der Waals surface area contributed by atoms with Crippen LogP contribution in [0, 0.1) is 5.92 Å². The highest BCUT2D eigenvalue weighted by molar-refractivity contribution is 5.85. The Morgan fingerprint density at radius 2 is 1.69 bits per heavy atom. The van der Waals surface area contributed by atoms with Gasteiger partial charge in [-0.3, -0.25) is 4.79 Å². The summed E-state index contributed by atoms with van der Waals surface area (Å²) in [5.74, 6) is 2.16. The summed E-state index contributed by atoms with van der Waals surface area (Å²) in [4.78, 5) is 11.7. The molecule has 26 heavy (non-hydrogen) atoms. The van der Waals surface area contributed by atoms with Crippen molar-refractivity contribution in [1.29, 1.82) is 0 Å². The Morgan fingerprint density at radius 1 is 0.962 bits per heavy atom. The number of hydrogen-bond donors (Lipinski definition) is 0. The molecule has 0 N–H and O–H groups in total. The topological polar surface area (TPSA) is 26.3 Å². The van der Waals surface area contributed by atoms with Crippen molar-refractivity contribution < 1.29 is 9.53 Å². The predicted molar refractivity (Wildman–Crippen MR) is 109 cm³/mol. The second-order valence-corrected chi connectivity index (χ2v) is 7.85. The fraction of sp³-hybridized carbons (Fsp3) is 0.542. The molecule has 0 atom stereocenters. The molecule has 1 saturated carbocycles. The summed E-state index contributed by atoms with van der Waals surface area (Å²) in [5, 5.41) is 2.39. The molecular weight excluding hydrogens is 320 g/mol. The molecule has 3 rings (SSSR count). The molecule has 0 heterocycles. The lowest BCUT2D eigenvalue weighted by Crippen LogP contribution is -2.13. The Balaban J connectivity index is 1.65. The van der Waals surface area contributed by atoms with E-state index in [-0.39, 0.29) is 5.97 Å². The van der Waals surface area contributed by atoms with E-state index in [0.717, 1.165) is 17.7 Å². The molecule has 140 valence electrons. The van der Waals surface area contributed by atoms with Crippen LogP contribution in [0.1, 0.15) is 83.1 Å². The Labute approximate surface area is 157 Å². The van der Waals surface area contributed by atoms with Crippen LogP contribution in [0.4, 0.5) is 0 Å². The standard InChI is InChI=1S/C24H32O2/c1-3-5-7-18-8-10-19(11-9-18)20-12-13-22-17-23(15-14-21(22)16-20)26-24(25)6-4-2/h12-19H,3-11H2,1-2H3/t18-,19-. The second-order valence-electron chi connectivity index (χ2n) is 7.85. The normalized spacial score (nSPS) is 20.2. The quantitative estimate of drug-likeness (QED) is 0.396. The minimum Gasteiger partial charge on any atom is -0.427 e. The number of rotatable bonds is 7. The molecule has 2 aromatic rings. The van der Waals surface area contributed by atoms with E-state index in [2.05, 4.69) is 31.2 Å². The van der Waals surface area contributed by atoms with Crippen LogP contribution in [0.15, 0.2) is 36.4 Å². The Hall–Kier alpha value is -1.83. The first-order valence-corrected chi connectivity index (χ1v) is 10.4. The summed E-state index contributed by atoms with van der Waals surface area (Å²) in [5.41, 5.74) is 1.47. The maximum Gasteiger partial charge on any atom is 0.311 e. The number of ether oxygens (including phenoxy) is 1. The van der Waals surface area contributed by atoms with Gasteiger partial charge in [-0.2, -0.15) is 0 Å². The average Bonchev–Trinajstić information content (AvgIpc) is 2.66. The lowest BCUT2D eigenvalue weighted by Gasteiger charge is -2.29. The summed E-state index contributed by atoms with van der Waals surface area (Å²) >= 11 is 0. The fourth-order valence-electron chi connectivity index (χ4n) is 4.22. The summed E-state index contributed by atoms with van der Waals surface area (Å²) in [6, 6.07) is 12.8. The molecule has 0 saturated heterocycles. The fourth-order valence-corrected chi connectivity index (χ4v) is 4.22. The number of carbonyl (C=O) groups is 1. The van der Waals surface area contributed by atoms with Crippen LogP contribution >= 0.6 is 0 Å². The van der Waals surface area contributed by atoms with Gasteiger partial charge >= 0.3 is 5.97 Å². The van der Waals surface area contributed by atoms with Gasteiger partial charge in [0.1, 0.15) is 5.75 Å². The predicted octanol–water partition coefficient (Wildman–Crippen LogP) is 7.01. The van der Waals surface area contributed by atoms with E-state index in [1.807, 2.05) is 19.1 Å². The smallest absolute Gasteiger partial charge is 0.311 e. The molecule has 2 heteroatoms. The van der Waals surface area contributed by atoms with Gasteiger partial charge in [0.15, 0.2) is 0 Å². The van der Waals surface area contributed by atoms with Gasteiger partial charge in [-0.25, -0.2) is 0 Å². The van der Waals surface area contributed by atoms with Gasteiger partial charge in [-0.15, -0.1) is 0 Å². The summed E-state index contributed by atoms with van der Waals surface area (Å²) in [7, 11) is 0. The van der Waals surface area contributed by atoms with E-state index in [4.69, 9.17) is 4.74 Å². The molecule has 1 fully saturated rings. The van der Waals surface area contributed by atoms with Gasteiger partial charge in [-0.1, -0.05) is 57.4 Å². The third kappa shape index (κ3) is 4.87. The third-order valence-corrected chi connectivity index (χ3v) is 5.81. The van der Waals surface area contributed by atoms with E-state index < -0.39 is 0 Å². The summed E-state index contributed by atoms with van der Waals surface area (Å²) in [6.07, 6.45) is 10.8. The average molecular weight is 353 g/mol. The van der Waals surface area contributed by atoms with Crippen molar-refractivity contribution in [3.63, 3.8) is 0 Å². The lowest BCUT2D eigenvalue weighted by molar-refractivity contribution is -0.134. The van der Waals surface area contributed by atoms with E-state index >= 15 is 0 Å². The number of carbonyl (C=O) groups excluding carboxylic acids is 1. The summed E-state index contributed by atoms with van der Waals surface area (Å²) < 4.78 is 5.41. The van der Waals surface area contributed by atoms with Gasteiger partial charge < -0.3 is 4.74 Å². The van der Waals surface area contributed by atoms with Gasteiger partial charge in [-0.05, 0) is 72.4 Å². The maximum absolute atomic E-state index is 11.7. The van der Waals surface area contributed by atoms with Gasteiger partial charge in [0, 0.05) is 6.42 Å². The molecule has 0 bridgehead atoms. The Kier molecular flexibility index (Phi) is 6.71. The first-order chi connectivity index (χ1) is 12.7. The van der Waals surface area contributed by atoms with Crippen molar-refractivity contribution in [2.24, 2.45) is 5.92 Å². The second kappa shape index (κ2) is 9.21. The van der Waals surface area contributed by atoms with Crippen LogP contribution in [0.3, 0.4) is 0 Å². The zero-order valence-corrected chi connectivity index (χ0v) is 16.3. The van der Waals surface area contributed by atoms with Crippen LogP contribution in [-0.2, 0) is 4.79 Å². The minimum absolute atomic E-state index is 0.150. The molecule has 0 unspecified atom stereocenters.